The first-order valence-corrected chi connectivity index (χ1v) is 7.81. The highest BCUT2D eigenvalue weighted by atomic mass is 35.5. The van der Waals surface area contributed by atoms with Gasteiger partial charge in [-0.1, -0.05) is 49.2 Å². The Balaban J connectivity index is 1.91. The van der Waals surface area contributed by atoms with Crippen molar-refractivity contribution in [2.45, 2.75) is 25.8 Å². The van der Waals surface area contributed by atoms with Crippen LogP contribution in [0.5, 0.6) is 0 Å². The molecular formula is C15H17Cl2NS. The second-order valence-corrected chi connectivity index (χ2v) is 6.98. The molecule has 102 valence electrons. The van der Waals surface area contributed by atoms with Crippen LogP contribution in [0.15, 0.2) is 35.7 Å². The van der Waals surface area contributed by atoms with Crippen LogP contribution < -0.4 is 5.32 Å². The maximum absolute atomic E-state index is 6.01. The van der Waals surface area contributed by atoms with Crippen molar-refractivity contribution < 1.29 is 0 Å². The Labute approximate surface area is 128 Å². The normalized spacial score (nSPS) is 11.8. The maximum atomic E-state index is 6.01. The molecule has 0 atom stereocenters. The van der Waals surface area contributed by atoms with Crippen LogP contribution in [0, 0.1) is 0 Å². The summed E-state index contributed by atoms with van der Waals surface area (Å²) in [7, 11) is 0. The molecular weight excluding hydrogens is 297 g/mol. The molecule has 0 spiro atoms. The Morgan fingerprint density at radius 1 is 1.16 bits per heavy atom. The molecule has 0 radical (unpaired) electrons. The van der Waals surface area contributed by atoms with E-state index in [1.807, 2.05) is 18.2 Å². The van der Waals surface area contributed by atoms with Gasteiger partial charge in [-0.05, 0) is 29.1 Å². The van der Waals surface area contributed by atoms with E-state index >= 15 is 0 Å². The molecule has 0 saturated heterocycles. The van der Waals surface area contributed by atoms with E-state index < -0.39 is 0 Å². The minimum absolute atomic E-state index is 0.143. The molecule has 0 amide bonds. The Hall–Kier alpha value is -0.540. The lowest BCUT2D eigenvalue weighted by Crippen LogP contribution is -2.31. The molecule has 1 heterocycles. The monoisotopic (exact) mass is 313 g/mol. The molecule has 0 unspecified atom stereocenters. The van der Waals surface area contributed by atoms with E-state index in [-0.39, 0.29) is 5.41 Å². The van der Waals surface area contributed by atoms with Crippen LogP contribution in [0.3, 0.4) is 0 Å². The van der Waals surface area contributed by atoms with Crippen LogP contribution in [0.25, 0.3) is 0 Å². The van der Waals surface area contributed by atoms with Gasteiger partial charge in [0.15, 0.2) is 0 Å². The summed E-state index contributed by atoms with van der Waals surface area (Å²) in [4.78, 5) is 1.40. The number of hydrogen-bond acceptors (Lipinski definition) is 2. The molecule has 0 bridgehead atoms. The third-order valence-corrected chi connectivity index (χ3v) is 5.04. The lowest BCUT2D eigenvalue weighted by molar-refractivity contribution is 0.477. The van der Waals surface area contributed by atoms with Crippen molar-refractivity contribution in [3.8, 4) is 0 Å². The minimum atomic E-state index is 0.143. The summed E-state index contributed by atoms with van der Waals surface area (Å²) in [5, 5.41) is 6.81. The summed E-state index contributed by atoms with van der Waals surface area (Å²) in [6.07, 6.45) is 0. The van der Waals surface area contributed by atoms with Gasteiger partial charge >= 0.3 is 0 Å². The second-order valence-electron chi connectivity index (χ2n) is 5.21. The summed E-state index contributed by atoms with van der Waals surface area (Å²) in [6, 6.07) is 10.0. The van der Waals surface area contributed by atoms with Gasteiger partial charge in [-0.2, -0.15) is 0 Å². The molecule has 1 nitrogen and oxygen atoms in total. The predicted molar refractivity (Wildman–Crippen MR) is 85.5 cm³/mol. The van der Waals surface area contributed by atoms with Crippen molar-refractivity contribution >= 4 is 34.5 Å². The zero-order chi connectivity index (χ0) is 13.9. The van der Waals surface area contributed by atoms with Crippen molar-refractivity contribution in [3.63, 3.8) is 0 Å². The molecule has 0 aliphatic heterocycles. The number of rotatable bonds is 5. The Bertz CT molecular complexity index is 535. The van der Waals surface area contributed by atoms with E-state index in [9.17, 15) is 0 Å². The Morgan fingerprint density at radius 3 is 2.58 bits per heavy atom. The Kier molecular flexibility index (Phi) is 4.91. The van der Waals surface area contributed by atoms with Crippen LogP contribution in [0.1, 0.15) is 24.3 Å². The van der Waals surface area contributed by atoms with Crippen molar-refractivity contribution in [3.05, 3.63) is 56.2 Å². The summed E-state index contributed by atoms with van der Waals surface area (Å²) in [5.41, 5.74) is 1.29. The molecule has 4 heteroatoms. The molecule has 0 fully saturated rings. The summed E-state index contributed by atoms with van der Waals surface area (Å²) in [5.74, 6) is 0. The van der Waals surface area contributed by atoms with Crippen molar-refractivity contribution in [1.82, 2.24) is 5.32 Å². The smallest absolute Gasteiger partial charge is 0.0595 e. The molecule has 19 heavy (non-hydrogen) atoms. The highest BCUT2D eigenvalue weighted by Gasteiger charge is 2.20. The van der Waals surface area contributed by atoms with Gasteiger partial charge in [0.1, 0.15) is 0 Å². The lowest BCUT2D eigenvalue weighted by Gasteiger charge is -2.23. The van der Waals surface area contributed by atoms with Gasteiger partial charge in [0.05, 0.1) is 10.0 Å². The largest absolute Gasteiger partial charge is 0.312 e. The SMILES string of the molecule is CC(C)(CNCc1ccc(Cl)c(Cl)c1)c1cccs1. The number of thiophene rings is 1. The quantitative estimate of drug-likeness (QED) is 0.807. The van der Waals surface area contributed by atoms with Gasteiger partial charge in [0.2, 0.25) is 0 Å². The van der Waals surface area contributed by atoms with E-state index in [1.54, 1.807) is 11.3 Å². The lowest BCUT2D eigenvalue weighted by atomic mass is 9.91. The number of nitrogens with one attached hydrogen (secondary N) is 1. The van der Waals surface area contributed by atoms with Crippen LogP contribution in [-0.4, -0.2) is 6.54 Å². The zero-order valence-corrected chi connectivity index (χ0v) is 13.4. The van der Waals surface area contributed by atoms with E-state index in [1.165, 1.54) is 4.88 Å². The molecule has 0 aliphatic carbocycles. The van der Waals surface area contributed by atoms with E-state index in [2.05, 4.69) is 36.7 Å². The van der Waals surface area contributed by atoms with Crippen LogP contribution in [0.4, 0.5) is 0 Å². The van der Waals surface area contributed by atoms with E-state index in [0.717, 1.165) is 18.7 Å². The number of hydrogen-bond donors (Lipinski definition) is 1. The van der Waals surface area contributed by atoms with Crippen LogP contribution in [0.2, 0.25) is 10.0 Å². The minimum Gasteiger partial charge on any atom is -0.312 e. The van der Waals surface area contributed by atoms with Gasteiger partial charge in [-0.3, -0.25) is 0 Å². The van der Waals surface area contributed by atoms with E-state index in [0.29, 0.717) is 10.0 Å². The Morgan fingerprint density at radius 2 is 1.95 bits per heavy atom. The molecule has 1 N–H and O–H groups in total. The summed E-state index contributed by atoms with van der Waals surface area (Å²) >= 11 is 13.7. The standard InChI is InChI=1S/C15H17Cl2NS/c1-15(2,14-4-3-7-19-14)10-18-9-11-5-6-12(16)13(17)8-11/h3-8,18H,9-10H2,1-2H3. The molecule has 1 aromatic carbocycles. The van der Waals surface area contributed by atoms with Crippen LogP contribution in [-0.2, 0) is 12.0 Å². The van der Waals surface area contributed by atoms with Gasteiger partial charge in [0, 0.05) is 23.4 Å². The van der Waals surface area contributed by atoms with Crippen molar-refractivity contribution in [2.75, 3.05) is 6.54 Å². The average molecular weight is 314 g/mol. The van der Waals surface area contributed by atoms with E-state index in [4.69, 9.17) is 23.2 Å². The zero-order valence-electron chi connectivity index (χ0n) is 11.0. The fourth-order valence-electron chi connectivity index (χ4n) is 1.92. The summed E-state index contributed by atoms with van der Waals surface area (Å²) < 4.78 is 0. The van der Waals surface area contributed by atoms with Gasteiger partial charge in [-0.15, -0.1) is 11.3 Å². The van der Waals surface area contributed by atoms with Gasteiger partial charge < -0.3 is 5.32 Å². The second kappa shape index (κ2) is 6.27. The van der Waals surface area contributed by atoms with Crippen LogP contribution >= 0.6 is 34.5 Å². The fourth-order valence-corrected chi connectivity index (χ4v) is 3.09. The highest BCUT2D eigenvalue weighted by Crippen LogP contribution is 2.27. The molecule has 2 aromatic rings. The first-order valence-electron chi connectivity index (χ1n) is 6.18. The van der Waals surface area contributed by atoms with Crippen molar-refractivity contribution in [2.24, 2.45) is 0 Å². The topological polar surface area (TPSA) is 12.0 Å². The predicted octanol–water partition coefficient (Wildman–Crippen LogP) is 5.12. The fraction of sp³-hybridized carbons (Fsp3) is 0.333. The van der Waals surface area contributed by atoms with Crippen molar-refractivity contribution in [1.29, 1.82) is 0 Å². The molecule has 2 rings (SSSR count). The molecule has 0 saturated carbocycles. The third kappa shape index (κ3) is 3.96. The number of halogens is 2. The first kappa shape index (κ1) is 14.9. The molecule has 1 aromatic heterocycles. The van der Waals surface area contributed by atoms with Gasteiger partial charge in [0.25, 0.3) is 0 Å². The molecule has 0 aliphatic rings. The highest BCUT2D eigenvalue weighted by molar-refractivity contribution is 7.10. The third-order valence-electron chi connectivity index (χ3n) is 3.07. The first-order chi connectivity index (χ1) is 8.99. The maximum Gasteiger partial charge on any atom is 0.0595 e. The van der Waals surface area contributed by atoms with Gasteiger partial charge in [-0.25, -0.2) is 0 Å². The average Bonchev–Trinajstić information content (AvgIpc) is 2.88. The summed E-state index contributed by atoms with van der Waals surface area (Å²) in [6.45, 7) is 6.22. The number of benzene rings is 1.